The molecule has 0 aliphatic carbocycles. The maximum Gasteiger partial charge on any atom is 0.269 e. The second-order valence-electron chi connectivity index (χ2n) is 4.69. The van der Waals surface area contributed by atoms with Crippen LogP contribution < -0.4 is 10.0 Å². The first-order chi connectivity index (χ1) is 9.91. The first kappa shape index (κ1) is 15.4. The minimum atomic E-state index is -3.72. The second kappa shape index (κ2) is 5.77. The molecule has 0 unspecified atom stereocenters. The van der Waals surface area contributed by atoms with Gasteiger partial charge in [0.05, 0.1) is 5.69 Å². The molecule has 1 aromatic heterocycles. The number of aryl methyl sites for hydroxylation is 2. The molecule has 2 aromatic rings. The summed E-state index contributed by atoms with van der Waals surface area (Å²) in [5, 5.41) is 4.02. The van der Waals surface area contributed by atoms with Crippen LogP contribution in [0.3, 0.4) is 0 Å². The van der Waals surface area contributed by atoms with Gasteiger partial charge in [0, 0.05) is 19.3 Å². The van der Waals surface area contributed by atoms with E-state index >= 15 is 0 Å². The highest BCUT2D eigenvalue weighted by molar-refractivity contribution is 7.93. The van der Waals surface area contributed by atoms with Crippen molar-refractivity contribution >= 4 is 21.5 Å². The Morgan fingerprint density at radius 2 is 1.95 bits per heavy atom. The molecule has 0 spiro atoms. The number of hydrogen-bond acceptors (Lipinski definition) is 4. The predicted molar refractivity (Wildman–Crippen MR) is 83.7 cm³/mol. The lowest BCUT2D eigenvalue weighted by atomic mass is 10.2. The summed E-state index contributed by atoms with van der Waals surface area (Å²) in [5.41, 5.74) is 7.32. The van der Waals surface area contributed by atoms with Gasteiger partial charge in [0.1, 0.15) is 4.90 Å². The predicted octanol–water partition coefficient (Wildman–Crippen LogP) is 2.01. The summed E-state index contributed by atoms with van der Waals surface area (Å²) in [6, 6.07) is 7.37. The maximum atomic E-state index is 12.9. The molecule has 114 valence electrons. The Balaban J connectivity index is 2.55. The van der Waals surface area contributed by atoms with Crippen LogP contribution in [0.15, 0.2) is 35.4 Å². The van der Waals surface area contributed by atoms with Crippen molar-refractivity contribution in [3.63, 3.8) is 0 Å². The van der Waals surface area contributed by atoms with Gasteiger partial charge in [0.2, 0.25) is 0 Å². The number of nitrogen functional groups attached to an aromatic ring is 1. The van der Waals surface area contributed by atoms with E-state index in [2.05, 4.69) is 5.10 Å². The third kappa shape index (κ3) is 2.73. The molecule has 0 saturated heterocycles. The van der Waals surface area contributed by atoms with Crippen molar-refractivity contribution in [1.29, 1.82) is 0 Å². The van der Waals surface area contributed by atoms with Crippen molar-refractivity contribution in [3.8, 4) is 0 Å². The highest BCUT2D eigenvalue weighted by atomic mass is 32.2. The van der Waals surface area contributed by atoms with Gasteiger partial charge in [-0.3, -0.25) is 8.99 Å². The lowest BCUT2D eigenvalue weighted by Crippen LogP contribution is -2.31. The molecule has 1 heterocycles. The fourth-order valence-corrected chi connectivity index (χ4v) is 3.81. The summed E-state index contributed by atoms with van der Waals surface area (Å²) in [6.07, 6.45) is 1.48. The van der Waals surface area contributed by atoms with E-state index < -0.39 is 10.0 Å². The van der Waals surface area contributed by atoms with Gasteiger partial charge < -0.3 is 5.73 Å². The molecule has 0 amide bonds. The van der Waals surface area contributed by atoms with E-state index in [9.17, 15) is 8.42 Å². The molecule has 6 nitrogen and oxygen atoms in total. The summed E-state index contributed by atoms with van der Waals surface area (Å²) < 4.78 is 28.6. The Labute approximate surface area is 125 Å². The van der Waals surface area contributed by atoms with Gasteiger partial charge in [-0.2, -0.15) is 5.10 Å². The molecule has 2 rings (SSSR count). The minimum Gasteiger partial charge on any atom is -0.381 e. The molecule has 0 fully saturated rings. The molecule has 0 aliphatic heterocycles. The number of rotatable bonds is 5. The van der Waals surface area contributed by atoms with Gasteiger partial charge in [-0.25, -0.2) is 8.42 Å². The van der Waals surface area contributed by atoms with E-state index in [-0.39, 0.29) is 10.7 Å². The third-order valence-electron chi connectivity index (χ3n) is 3.32. The number of nitrogens with zero attached hydrogens (tertiary/aromatic N) is 3. The van der Waals surface area contributed by atoms with Crippen LogP contribution in [0.25, 0.3) is 0 Å². The van der Waals surface area contributed by atoms with Gasteiger partial charge in [0.25, 0.3) is 10.0 Å². The number of benzene rings is 1. The minimum absolute atomic E-state index is 0.0314. The van der Waals surface area contributed by atoms with Crippen molar-refractivity contribution in [2.75, 3.05) is 16.6 Å². The number of nitrogens with two attached hydrogens (primary N) is 1. The number of aromatic nitrogens is 2. The van der Waals surface area contributed by atoms with E-state index in [1.54, 1.807) is 13.0 Å². The largest absolute Gasteiger partial charge is 0.381 e. The van der Waals surface area contributed by atoms with Crippen LogP contribution in [0, 0.1) is 6.92 Å². The van der Waals surface area contributed by atoms with Crippen molar-refractivity contribution < 1.29 is 8.42 Å². The van der Waals surface area contributed by atoms with Crippen LogP contribution in [-0.4, -0.2) is 24.7 Å². The van der Waals surface area contributed by atoms with Gasteiger partial charge in [-0.05, 0) is 32.4 Å². The molecule has 0 bridgehead atoms. The highest BCUT2D eigenvalue weighted by Crippen LogP contribution is 2.28. The van der Waals surface area contributed by atoms with Gasteiger partial charge in [-0.15, -0.1) is 0 Å². The first-order valence-corrected chi connectivity index (χ1v) is 8.27. The molecule has 2 N–H and O–H groups in total. The SMILES string of the molecule is CCN(c1ccccc1C)S(=O)(=O)c1cn(CC)nc1N. The van der Waals surface area contributed by atoms with Gasteiger partial charge in [0.15, 0.2) is 5.82 Å². The van der Waals surface area contributed by atoms with E-state index in [1.165, 1.54) is 15.2 Å². The fourth-order valence-electron chi connectivity index (χ4n) is 2.21. The Bertz CT molecular complexity index is 737. The third-order valence-corrected chi connectivity index (χ3v) is 5.22. The molecule has 0 aliphatic rings. The number of hydrogen-bond donors (Lipinski definition) is 1. The smallest absolute Gasteiger partial charge is 0.269 e. The Kier molecular flexibility index (Phi) is 4.22. The van der Waals surface area contributed by atoms with Crippen LogP contribution in [0.1, 0.15) is 19.4 Å². The fraction of sp³-hybridized carbons (Fsp3) is 0.357. The molecule has 0 saturated carbocycles. The lowest BCUT2D eigenvalue weighted by Gasteiger charge is -2.24. The molecular formula is C14H20N4O2S. The van der Waals surface area contributed by atoms with Crippen LogP contribution in [0.2, 0.25) is 0 Å². The normalized spacial score (nSPS) is 11.6. The average molecular weight is 308 g/mol. The Hall–Kier alpha value is -2.02. The standard InChI is InChI=1S/C14H20N4O2S/c1-4-17-10-13(14(15)16-17)21(19,20)18(5-2)12-9-7-6-8-11(12)3/h6-10H,4-5H2,1-3H3,(H2,15,16). The summed E-state index contributed by atoms with van der Waals surface area (Å²) in [4.78, 5) is 0.0504. The number of para-hydroxylation sites is 1. The molecule has 0 radical (unpaired) electrons. The van der Waals surface area contributed by atoms with E-state index in [4.69, 9.17) is 5.73 Å². The lowest BCUT2D eigenvalue weighted by molar-refractivity contribution is 0.591. The quantitative estimate of drug-likeness (QED) is 0.916. The zero-order chi connectivity index (χ0) is 15.6. The van der Waals surface area contributed by atoms with Crippen LogP contribution in [-0.2, 0) is 16.6 Å². The van der Waals surface area contributed by atoms with Crippen molar-refractivity contribution in [3.05, 3.63) is 36.0 Å². The van der Waals surface area contributed by atoms with Gasteiger partial charge in [-0.1, -0.05) is 18.2 Å². The average Bonchev–Trinajstić information content (AvgIpc) is 2.83. The molecule has 0 atom stereocenters. The zero-order valence-electron chi connectivity index (χ0n) is 12.4. The second-order valence-corrected chi connectivity index (χ2v) is 6.52. The topological polar surface area (TPSA) is 81.2 Å². The maximum absolute atomic E-state index is 12.9. The van der Waals surface area contributed by atoms with Crippen molar-refractivity contribution in [2.45, 2.75) is 32.2 Å². The Morgan fingerprint density at radius 3 is 2.48 bits per heavy atom. The van der Waals surface area contributed by atoms with Crippen LogP contribution in [0.5, 0.6) is 0 Å². The first-order valence-electron chi connectivity index (χ1n) is 6.83. The van der Waals surface area contributed by atoms with E-state index in [0.717, 1.165) is 5.56 Å². The summed E-state index contributed by atoms with van der Waals surface area (Å²) >= 11 is 0. The molecular weight excluding hydrogens is 288 g/mol. The molecule has 1 aromatic carbocycles. The Morgan fingerprint density at radius 1 is 1.29 bits per heavy atom. The monoisotopic (exact) mass is 308 g/mol. The summed E-state index contributed by atoms with van der Waals surface area (Å²) in [7, 11) is -3.72. The summed E-state index contributed by atoms with van der Waals surface area (Å²) in [6.45, 7) is 6.44. The molecule has 7 heteroatoms. The zero-order valence-corrected chi connectivity index (χ0v) is 13.3. The van der Waals surface area contributed by atoms with Crippen molar-refractivity contribution in [1.82, 2.24) is 9.78 Å². The highest BCUT2D eigenvalue weighted by Gasteiger charge is 2.28. The van der Waals surface area contributed by atoms with Crippen LogP contribution >= 0.6 is 0 Å². The number of sulfonamides is 1. The van der Waals surface area contributed by atoms with Crippen molar-refractivity contribution in [2.24, 2.45) is 0 Å². The molecule has 21 heavy (non-hydrogen) atoms. The summed E-state index contributed by atoms with van der Waals surface area (Å²) in [5.74, 6) is 0.0314. The van der Waals surface area contributed by atoms with E-state index in [0.29, 0.717) is 18.8 Å². The van der Waals surface area contributed by atoms with E-state index in [1.807, 2.05) is 32.0 Å². The van der Waals surface area contributed by atoms with Gasteiger partial charge >= 0.3 is 0 Å². The van der Waals surface area contributed by atoms with Crippen LogP contribution in [0.4, 0.5) is 11.5 Å². The number of anilines is 2.